The van der Waals surface area contributed by atoms with E-state index < -0.39 is 97.5 Å². The van der Waals surface area contributed by atoms with Crippen molar-refractivity contribution >= 4 is 39.5 Å². The molecule has 0 saturated carbocycles. The van der Waals surface area contributed by atoms with Crippen LogP contribution in [0.4, 0.5) is 0 Å². The summed E-state index contributed by atoms with van der Waals surface area (Å²) in [7, 11) is -9.92. The van der Waals surface area contributed by atoms with E-state index in [2.05, 4.69) is 48.5 Å². The average Bonchev–Trinajstić information content (AvgIpc) is 0.910. The van der Waals surface area contributed by atoms with E-state index >= 15 is 0 Å². The number of aliphatic hydroxyl groups is 1. The van der Waals surface area contributed by atoms with Crippen LogP contribution in [-0.4, -0.2) is 96.7 Å². The molecule has 0 aromatic rings. The Kier molecular flexibility index (Phi) is 71.8. The summed E-state index contributed by atoms with van der Waals surface area (Å²) >= 11 is 0. The molecule has 17 nitrogen and oxygen atoms in total. The Hall–Kier alpha value is -1.94. The highest BCUT2D eigenvalue weighted by Crippen LogP contribution is 2.45. The van der Waals surface area contributed by atoms with Crippen molar-refractivity contribution in [2.75, 3.05) is 39.6 Å². The summed E-state index contributed by atoms with van der Waals surface area (Å²) in [6.07, 6.45) is 62.4. The van der Waals surface area contributed by atoms with Crippen LogP contribution in [0.3, 0.4) is 0 Å². The molecule has 3 unspecified atom stereocenters. The summed E-state index contributed by atoms with van der Waals surface area (Å²) in [6, 6.07) is 0. The lowest BCUT2D eigenvalue weighted by Crippen LogP contribution is -2.30. The fourth-order valence-electron chi connectivity index (χ4n) is 12.8. The quantitative estimate of drug-likeness (QED) is 0.0222. The van der Waals surface area contributed by atoms with Gasteiger partial charge in [0, 0.05) is 25.7 Å². The summed E-state index contributed by atoms with van der Waals surface area (Å²) in [5.74, 6) is 0.313. The minimum absolute atomic E-state index is 0.106. The van der Waals surface area contributed by atoms with Crippen LogP contribution >= 0.6 is 15.6 Å². The normalized spacial score (nSPS) is 14.2. The highest BCUT2D eigenvalue weighted by atomic mass is 31.2. The number of carbonyl (C=O) groups excluding carboxylic acids is 4. The number of phosphoric acid groups is 2. The van der Waals surface area contributed by atoms with Crippen molar-refractivity contribution in [1.82, 2.24) is 0 Å². The zero-order valence-electron chi connectivity index (χ0n) is 67.1. The van der Waals surface area contributed by atoms with Crippen molar-refractivity contribution in [3.8, 4) is 0 Å². The molecule has 0 bridgehead atoms. The molecular weight excluding hydrogens is 1330 g/mol. The second-order valence-corrected chi connectivity index (χ2v) is 34.0. The molecule has 102 heavy (non-hydrogen) atoms. The third-order valence-corrected chi connectivity index (χ3v) is 21.6. The minimum atomic E-state index is -4.96. The van der Waals surface area contributed by atoms with Crippen molar-refractivity contribution < 1.29 is 80.2 Å². The predicted molar refractivity (Wildman–Crippen MR) is 418 cm³/mol. The molecule has 0 aliphatic carbocycles. The van der Waals surface area contributed by atoms with Gasteiger partial charge in [-0.3, -0.25) is 37.3 Å². The second-order valence-electron chi connectivity index (χ2n) is 31.1. The largest absolute Gasteiger partial charge is 0.472 e. The molecule has 0 aliphatic rings. The van der Waals surface area contributed by atoms with E-state index in [4.69, 9.17) is 37.0 Å². The van der Waals surface area contributed by atoms with Crippen LogP contribution in [-0.2, 0) is 65.4 Å². The van der Waals surface area contributed by atoms with Gasteiger partial charge in [0.2, 0.25) is 0 Å². The third-order valence-electron chi connectivity index (χ3n) is 19.7. The van der Waals surface area contributed by atoms with Gasteiger partial charge in [0.15, 0.2) is 12.2 Å². The van der Waals surface area contributed by atoms with Gasteiger partial charge < -0.3 is 33.8 Å². The van der Waals surface area contributed by atoms with Crippen LogP contribution in [0.25, 0.3) is 0 Å². The SMILES string of the molecule is CCCCCCCCCCCCC(=O)OC[C@H](COP(=O)(O)OC[C@H](O)COP(=O)(O)OC[C@@H](COC(=O)CCCCCCCCCCCCCCCCC(C)C)OC(=O)CCCCCCCCCCCCCCCCCCCCC(C)CC)OC(=O)CCCCCCCCCCCCC(C)C. The van der Waals surface area contributed by atoms with Crippen LogP contribution < -0.4 is 0 Å². The molecule has 0 rings (SSSR count). The summed E-state index contributed by atoms with van der Waals surface area (Å²) in [5.41, 5.74) is 0. The fourth-order valence-corrected chi connectivity index (χ4v) is 14.4. The van der Waals surface area contributed by atoms with Crippen LogP contribution in [0.5, 0.6) is 0 Å². The van der Waals surface area contributed by atoms with Crippen LogP contribution in [0, 0.1) is 17.8 Å². The van der Waals surface area contributed by atoms with Crippen molar-refractivity contribution in [2.45, 2.75) is 452 Å². The van der Waals surface area contributed by atoms with Gasteiger partial charge in [-0.05, 0) is 43.4 Å². The monoisotopic (exact) mass is 1490 g/mol. The highest BCUT2D eigenvalue weighted by molar-refractivity contribution is 7.47. The first-order valence-corrected chi connectivity index (χ1v) is 45.9. The molecule has 3 N–H and O–H groups in total. The second kappa shape index (κ2) is 73.2. The molecule has 606 valence electrons. The molecule has 0 fully saturated rings. The number of phosphoric ester groups is 2. The summed E-state index contributed by atoms with van der Waals surface area (Å²) in [6.45, 7) is 12.0. The van der Waals surface area contributed by atoms with E-state index in [0.717, 1.165) is 108 Å². The Labute approximate surface area is 626 Å². The maximum atomic E-state index is 13.1. The van der Waals surface area contributed by atoms with E-state index in [1.807, 2.05) is 0 Å². The van der Waals surface area contributed by atoms with E-state index in [1.54, 1.807) is 0 Å². The number of ether oxygens (including phenoxy) is 4. The smallest absolute Gasteiger partial charge is 0.462 e. The highest BCUT2D eigenvalue weighted by Gasteiger charge is 2.30. The lowest BCUT2D eigenvalue weighted by molar-refractivity contribution is -0.161. The topological polar surface area (TPSA) is 237 Å². The Morgan fingerprint density at radius 3 is 0.745 bits per heavy atom. The predicted octanol–water partition coefficient (Wildman–Crippen LogP) is 24.9. The lowest BCUT2D eigenvalue weighted by Gasteiger charge is -2.21. The van der Waals surface area contributed by atoms with Gasteiger partial charge in [-0.1, -0.05) is 382 Å². The van der Waals surface area contributed by atoms with Crippen molar-refractivity contribution in [1.29, 1.82) is 0 Å². The van der Waals surface area contributed by atoms with E-state index in [9.17, 15) is 43.2 Å². The molecule has 0 amide bonds. The molecular formula is C83H162O17P2. The third kappa shape index (κ3) is 74.9. The zero-order valence-corrected chi connectivity index (χ0v) is 68.9. The number of aliphatic hydroxyl groups excluding tert-OH is 1. The van der Waals surface area contributed by atoms with Crippen LogP contribution in [0.15, 0.2) is 0 Å². The molecule has 6 atom stereocenters. The zero-order chi connectivity index (χ0) is 75.1. The van der Waals surface area contributed by atoms with Gasteiger partial charge in [-0.15, -0.1) is 0 Å². The van der Waals surface area contributed by atoms with Gasteiger partial charge in [0.05, 0.1) is 26.4 Å². The number of carbonyl (C=O) groups is 4. The number of rotatable bonds is 81. The molecule has 0 aromatic heterocycles. The van der Waals surface area contributed by atoms with Crippen molar-refractivity contribution in [3.05, 3.63) is 0 Å². The summed E-state index contributed by atoms with van der Waals surface area (Å²) in [4.78, 5) is 73.1. The first kappa shape index (κ1) is 100. The lowest BCUT2D eigenvalue weighted by atomic mass is 9.99. The first-order chi connectivity index (χ1) is 49.3. The molecule has 0 radical (unpaired) electrons. The Balaban J connectivity index is 5.22. The van der Waals surface area contributed by atoms with Gasteiger partial charge in [0.25, 0.3) is 0 Å². The van der Waals surface area contributed by atoms with E-state index in [-0.39, 0.29) is 25.7 Å². The summed E-state index contributed by atoms with van der Waals surface area (Å²) in [5, 5.41) is 10.6. The number of hydrogen-bond donors (Lipinski definition) is 3. The van der Waals surface area contributed by atoms with Crippen molar-refractivity contribution in [2.24, 2.45) is 17.8 Å². The van der Waals surface area contributed by atoms with Crippen LogP contribution in [0.2, 0.25) is 0 Å². The van der Waals surface area contributed by atoms with E-state index in [0.29, 0.717) is 25.7 Å². The van der Waals surface area contributed by atoms with Gasteiger partial charge in [-0.25, -0.2) is 9.13 Å². The van der Waals surface area contributed by atoms with Crippen LogP contribution in [0.1, 0.15) is 434 Å². The number of esters is 4. The Morgan fingerprint density at radius 2 is 0.500 bits per heavy atom. The van der Waals surface area contributed by atoms with Gasteiger partial charge >= 0.3 is 39.5 Å². The number of hydrogen-bond acceptors (Lipinski definition) is 15. The average molecular weight is 1490 g/mol. The molecule has 0 spiro atoms. The Morgan fingerprint density at radius 1 is 0.284 bits per heavy atom. The molecule has 0 aromatic carbocycles. The molecule has 0 saturated heterocycles. The maximum absolute atomic E-state index is 13.1. The maximum Gasteiger partial charge on any atom is 0.472 e. The van der Waals surface area contributed by atoms with Crippen molar-refractivity contribution in [3.63, 3.8) is 0 Å². The van der Waals surface area contributed by atoms with Gasteiger partial charge in [-0.2, -0.15) is 0 Å². The molecule has 0 aliphatic heterocycles. The molecule has 19 heteroatoms. The summed E-state index contributed by atoms with van der Waals surface area (Å²) < 4.78 is 68.7. The molecule has 0 heterocycles. The fraction of sp³-hybridized carbons (Fsp3) is 0.952. The Bertz CT molecular complexity index is 1980. The first-order valence-electron chi connectivity index (χ1n) is 42.9. The number of unbranched alkanes of at least 4 members (excludes halogenated alkanes) is 48. The minimum Gasteiger partial charge on any atom is -0.462 e. The van der Waals surface area contributed by atoms with Gasteiger partial charge in [0.1, 0.15) is 19.3 Å². The van der Waals surface area contributed by atoms with E-state index in [1.165, 1.54) is 244 Å². The standard InChI is InChI=1S/C83H162O17P2/c1-8-10-11-12-13-14-36-43-50-57-64-80(85)93-70-78(100-83(88)67-60-53-46-39-32-31-34-41-48-55-62-75(5)6)72-97-101(89,90)95-68-77(84)69-96-102(91,92)98-73-79(71-94-81(86)65-58-51-44-37-29-25-22-21-23-27-33-40-47-54-61-74(3)4)99-82(87)66-59-52-45-38-30-26-20-18-16-15-17-19-24-28-35-42-49-56-63-76(7)9-2/h74-79,84H,8-73H2,1-7H3,(H,89,90)(H,91,92)/t76?,77-,78+,79+/m0/s1.